The zero-order valence-electron chi connectivity index (χ0n) is 18.0. The molecule has 1 saturated carbocycles. The van der Waals surface area contributed by atoms with Crippen LogP contribution in [0.15, 0.2) is 39.3 Å². The van der Waals surface area contributed by atoms with Crippen LogP contribution in [-0.2, 0) is 13.1 Å². The lowest BCUT2D eigenvalue weighted by Gasteiger charge is -2.33. The minimum Gasteiger partial charge on any atom is -0.330 e. The van der Waals surface area contributed by atoms with Crippen molar-refractivity contribution in [1.29, 1.82) is 0 Å². The average Bonchev–Trinajstić information content (AvgIpc) is 2.68. The summed E-state index contributed by atoms with van der Waals surface area (Å²) in [6.45, 7) is 10.7. The number of hydrogen-bond donors (Lipinski definition) is 1. The Labute approximate surface area is 193 Å². The van der Waals surface area contributed by atoms with Gasteiger partial charge in [0.05, 0.1) is 0 Å². The zero-order valence-corrected chi connectivity index (χ0v) is 21.2. The number of rotatable bonds is 7. The van der Waals surface area contributed by atoms with Crippen LogP contribution in [0.2, 0.25) is 0 Å². The van der Waals surface area contributed by atoms with Crippen molar-refractivity contribution >= 4 is 31.9 Å². The standard InChI is InChI=1S/C25H34Br2N2/c1-17-10-18(2)23(19(3)11-17)16-29(14-21-6-4-20(13-28)5-7-21)15-22-8-9-24(26)25(27)12-22/h8-12,20-21H,4-7,13-16,28H2,1-3H3. The minimum absolute atomic E-state index is 0.740. The van der Waals surface area contributed by atoms with Crippen molar-refractivity contribution in [3.05, 3.63) is 67.1 Å². The molecule has 1 aliphatic rings. The second kappa shape index (κ2) is 10.6. The fourth-order valence-corrected chi connectivity index (χ4v) is 5.45. The fraction of sp³-hybridized carbons (Fsp3) is 0.520. The van der Waals surface area contributed by atoms with Gasteiger partial charge in [0.25, 0.3) is 0 Å². The van der Waals surface area contributed by atoms with E-state index in [2.05, 4.69) is 87.9 Å². The van der Waals surface area contributed by atoms with Gasteiger partial charge in [-0.15, -0.1) is 0 Å². The van der Waals surface area contributed by atoms with Gasteiger partial charge >= 0.3 is 0 Å². The Kier molecular flexibility index (Phi) is 8.38. The molecule has 3 rings (SSSR count). The molecule has 0 saturated heterocycles. The van der Waals surface area contributed by atoms with Gasteiger partial charge in [0.15, 0.2) is 0 Å². The molecule has 2 N–H and O–H groups in total. The lowest BCUT2D eigenvalue weighted by Crippen LogP contribution is -2.32. The van der Waals surface area contributed by atoms with Crippen LogP contribution in [0.5, 0.6) is 0 Å². The lowest BCUT2D eigenvalue weighted by atomic mass is 9.81. The van der Waals surface area contributed by atoms with Crippen molar-refractivity contribution in [1.82, 2.24) is 4.90 Å². The molecule has 4 heteroatoms. The smallest absolute Gasteiger partial charge is 0.0320 e. The van der Waals surface area contributed by atoms with E-state index >= 15 is 0 Å². The molecule has 1 aliphatic carbocycles. The third kappa shape index (κ3) is 6.40. The third-order valence-electron chi connectivity index (χ3n) is 6.43. The maximum Gasteiger partial charge on any atom is 0.0320 e. The number of nitrogens with two attached hydrogens (primary N) is 1. The maximum absolute atomic E-state index is 5.91. The predicted molar refractivity (Wildman–Crippen MR) is 131 cm³/mol. The van der Waals surface area contributed by atoms with Crippen LogP contribution < -0.4 is 5.73 Å². The van der Waals surface area contributed by atoms with Crippen LogP contribution in [0.4, 0.5) is 0 Å². The van der Waals surface area contributed by atoms with Crippen molar-refractivity contribution < 1.29 is 0 Å². The first-order valence-corrected chi connectivity index (χ1v) is 12.4. The van der Waals surface area contributed by atoms with Crippen LogP contribution in [-0.4, -0.2) is 18.0 Å². The van der Waals surface area contributed by atoms with Gasteiger partial charge in [-0.05, 0) is 131 Å². The summed E-state index contributed by atoms with van der Waals surface area (Å²) in [6.07, 6.45) is 5.21. The number of nitrogens with zero attached hydrogens (tertiary/aromatic N) is 1. The number of aryl methyl sites for hydroxylation is 3. The first-order chi connectivity index (χ1) is 13.9. The Hall–Kier alpha value is -0.680. The number of benzene rings is 2. The van der Waals surface area contributed by atoms with Crippen molar-refractivity contribution in [3.8, 4) is 0 Å². The van der Waals surface area contributed by atoms with Crippen molar-refractivity contribution in [2.24, 2.45) is 17.6 Å². The fourth-order valence-electron chi connectivity index (χ4n) is 4.78. The summed E-state index contributed by atoms with van der Waals surface area (Å²) in [7, 11) is 0. The molecule has 2 aromatic carbocycles. The molecule has 0 radical (unpaired) electrons. The second-order valence-electron chi connectivity index (χ2n) is 8.92. The van der Waals surface area contributed by atoms with Gasteiger partial charge in [0, 0.05) is 28.6 Å². The molecule has 1 fully saturated rings. The van der Waals surface area contributed by atoms with Gasteiger partial charge in [-0.2, -0.15) is 0 Å². The summed E-state index contributed by atoms with van der Waals surface area (Å²) < 4.78 is 2.24. The van der Waals surface area contributed by atoms with Gasteiger partial charge < -0.3 is 5.73 Å². The Morgan fingerprint density at radius 3 is 2.07 bits per heavy atom. The van der Waals surface area contributed by atoms with Crippen LogP contribution in [0.25, 0.3) is 0 Å². The van der Waals surface area contributed by atoms with E-state index in [0.717, 1.165) is 47.0 Å². The molecule has 0 atom stereocenters. The quantitative estimate of drug-likeness (QED) is 0.429. The summed E-state index contributed by atoms with van der Waals surface area (Å²) in [5, 5.41) is 0. The SMILES string of the molecule is Cc1cc(C)c(CN(Cc2ccc(Br)c(Br)c2)CC2CCC(CN)CC2)c(C)c1. The molecule has 0 amide bonds. The maximum atomic E-state index is 5.91. The first kappa shape index (κ1) is 23.0. The molecule has 0 aliphatic heterocycles. The van der Waals surface area contributed by atoms with Gasteiger partial charge in [-0.1, -0.05) is 23.8 Å². The van der Waals surface area contributed by atoms with E-state index in [4.69, 9.17) is 5.73 Å². The molecule has 0 spiro atoms. The summed E-state index contributed by atoms with van der Waals surface area (Å²) in [5.41, 5.74) is 12.9. The Balaban J connectivity index is 1.78. The predicted octanol–water partition coefficient (Wildman–Crippen LogP) is 6.90. The van der Waals surface area contributed by atoms with E-state index in [9.17, 15) is 0 Å². The van der Waals surface area contributed by atoms with Crippen LogP contribution in [0, 0.1) is 32.6 Å². The number of halogens is 2. The normalized spacial score (nSPS) is 19.7. The van der Waals surface area contributed by atoms with E-state index in [0.29, 0.717) is 0 Å². The van der Waals surface area contributed by atoms with E-state index in [-0.39, 0.29) is 0 Å². The average molecular weight is 522 g/mol. The molecule has 0 unspecified atom stereocenters. The molecule has 29 heavy (non-hydrogen) atoms. The Morgan fingerprint density at radius 2 is 1.48 bits per heavy atom. The third-order valence-corrected chi connectivity index (χ3v) is 8.31. The molecule has 0 bridgehead atoms. The van der Waals surface area contributed by atoms with E-state index in [1.54, 1.807) is 0 Å². The summed E-state index contributed by atoms with van der Waals surface area (Å²) in [6, 6.07) is 11.3. The second-order valence-corrected chi connectivity index (χ2v) is 10.6. The van der Waals surface area contributed by atoms with Crippen LogP contribution in [0.3, 0.4) is 0 Å². The van der Waals surface area contributed by atoms with Crippen molar-refractivity contribution in [3.63, 3.8) is 0 Å². The highest BCUT2D eigenvalue weighted by Gasteiger charge is 2.23. The van der Waals surface area contributed by atoms with E-state index < -0.39 is 0 Å². The van der Waals surface area contributed by atoms with Gasteiger partial charge in [0.2, 0.25) is 0 Å². The minimum atomic E-state index is 0.740. The van der Waals surface area contributed by atoms with Gasteiger partial charge in [0.1, 0.15) is 0 Å². The lowest BCUT2D eigenvalue weighted by molar-refractivity contribution is 0.169. The first-order valence-electron chi connectivity index (χ1n) is 10.8. The van der Waals surface area contributed by atoms with Gasteiger partial charge in [-0.25, -0.2) is 0 Å². The molecular formula is C25H34Br2N2. The van der Waals surface area contributed by atoms with Crippen LogP contribution >= 0.6 is 31.9 Å². The molecule has 158 valence electrons. The molecule has 2 nitrogen and oxygen atoms in total. The summed E-state index contributed by atoms with van der Waals surface area (Å²) in [4.78, 5) is 2.66. The molecule has 0 aromatic heterocycles. The summed E-state index contributed by atoms with van der Waals surface area (Å²) in [5.74, 6) is 1.52. The molecule has 0 heterocycles. The largest absolute Gasteiger partial charge is 0.330 e. The van der Waals surface area contributed by atoms with Crippen molar-refractivity contribution in [2.45, 2.75) is 59.5 Å². The van der Waals surface area contributed by atoms with E-state index in [1.807, 2.05) is 0 Å². The topological polar surface area (TPSA) is 29.3 Å². The number of hydrogen-bond acceptors (Lipinski definition) is 2. The summed E-state index contributed by atoms with van der Waals surface area (Å²) >= 11 is 7.27. The van der Waals surface area contributed by atoms with E-state index in [1.165, 1.54) is 53.5 Å². The zero-order chi connectivity index (χ0) is 21.0. The van der Waals surface area contributed by atoms with Gasteiger partial charge in [-0.3, -0.25) is 4.90 Å². The van der Waals surface area contributed by atoms with Crippen molar-refractivity contribution in [2.75, 3.05) is 13.1 Å². The Morgan fingerprint density at radius 1 is 0.862 bits per heavy atom. The molecular weight excluding hydrogens is 488 g/mol. The monoisotopic (exact) mass is 520 g/mol. The highest BCUT2D eigenvalue weighted by Crippen LogP contribution is 2.31. The highest BCUT2D eigenvalue weighted by atomic mass is 79.9. The molecule has 2 aromatic rings. The van der Waals surface area contributed by atoms with Crippen LogP contribution in [0.1, 0.15) is 53.5 Å². The highest BCUT2D eigenvalue weighted by molar-refractivity contribution is 9.13. The Bertz CT molecular complexity index is 803.